The molecule has 0 bridgehead atoms. The van der Waals surface area contributed by atoms with Crippen molar-refractivity contribution in [3.63, 3.8) is 0 Å². The van der Waals surface area contributed by atoms with Crippen LogP contribution < -0.4 is 10.6 Å². The second-order valence-electron chi connectivity index (χ2n) is 4.26. The number of aliphatic imine (C=N–C) groups is 1. The molecule has 0 amide bonds. The quantitative estimate of drug-likeness (QED) is 0.394. The third-order valence-electron chi connectivity index (χ3n) is 2.62. The van der Waals surface area contributed by atoms with Gasteiger partial charge >= 0.3 is 0 Å². The summed E-state index contributed by atoms with van der Waals surface area (Å²) in [5.41, 5.74) is 0. The number of hydrogen-bond acceptors (Lipinski definition) is 4. The van der Waals surface area contributed by atoms with Gasteiger partial charge < -0.3 is 19.8 Å². The average Bonchev–Trinajstić information content (AvgIpc) is 2.98. The van der Waals surface area contributed by atoms with Crippen molar-refractivity contribution in [2.45, 2.75) is 19.4 Å². The van der Waals surface area contributed by atoms with Crippen molar-refractivity contribution in [3.8, 4) is 0 Å². The first-order valence-corrected chi connectivity index (χ1v) is 8.29. The molecule has 0 radical (unpaired) electrons. The van der Waals surface area contributed by atoms with Crippen molar-refractivity contribution >= 4 is 17.7 Å². The first-order chi connectivity index (χ1) is 9.86. The highest BCUT2D eigenvalue weighted by Crippen LogP contribution is 2.01. The molecule has 114 valence electrons. The van der Waals surface area contributed by atoms with E-state index in [-0.39, 0.29) is 0 Å². The van der Waals surface area contributed by atoms with Crippen LogP contribution in [0.5, 0.6) is 0 Å². The summed E-state index contributed by atoms with van der Waals surface area (Å²) in [5, 5.41) is 6.56. The Morgan fingerprint density at radius 1 is 1.35 bits per heavy atom. The Morgan fingerprint density at radius 2 is 2.15 bits per heavy atom. The summed E-state index contributed by atoms with van der Waals surface area (Å²) >= 11 is 1.86. The van der Waals surface area contributed by atoms with Crippen LogP contribution in [0.4, 0.5) is 0 Å². The molecule has 1 aromatic heterocycles. The fraction of sp³-hybridized carbons (Fsp3) is 0.643. The minimum Gasteiger partial charge on any atom is -0.467 e. The van der Waals surface area contributed by atoms with Crippen molar-refractivity contribution < 1.29 is 9.15 Å². The topological polar surface area (TPSA) is 58.8 Å². The largest absolute Gasteiger partial charge is 0.467 e. The van der Waals surface area contributed by atoms with Gasteiger partial charge in [0.25, 0.3) is 0 Å². The third kappa shape index (κ3) is 8.12. The molecule has 0 saturated heterocycles. The number of nitrogens with one attached hydrogen (secondary N) is 2. The van der Waals surface area contributed by atoms with Gasteiger partial charge in [0, 0.05) is 26.7 Å². The van der Waals surface area contributed by atoms with Crippen LogP contribution in [0.1, 0.15) is 18.6 Å². The third-order valence-corrected chi connectivity index (χ3v) is 3.32. The second-order valence-corrected chi connectivity index (χ2v) is 5.24. The Hall–Kier alpha value is -1.14. The summed E-state index contributed by atoms with van der Waals surface area (Å²) in [6.07, 6.45) is 5.86. The fourth-order valence-electron chi connectivity index (χ4n) is 1.59. The van der Waals surface area contributed by atoms with Gasteiger partial charge in [0.1, 0.15) is 12.4 Å². The molecule has 0 aliphatic rings. The van der Waals surface area contributed by atoms with E-state index in [0.29, 0.717) is 13.2 Å². The van der Waals surface area contributed by atoms with Crippen LogP contribution in [-0.2, 0) is 11.3 Å². The number of rotatable bonds is 10. The van der Waals surface area contributed by atoms with Gasteiger partial charge in [0.15, 0.2) is 5.96 Å². The zero-order chi connectivity index (χ0) is 14.5. The molecule has 1 aromatic rings. The molecule has 0 atom stereocenters. The molecule has 2 N–H and O–H groups in total. The van der Waals surface area contributed by atoms with E-state index in [1.54, 1.807) is 13.3 Å². The zero-order valence-corrected chi connectivity index (χ0v) is 13.2. The maximum Gasteiger partial charge on any atom is 0.190 e. The summed E-state index contributed by atoms with van der Waals surface area (Å²) in [5.74, 6) is 2.89. The molecular formula is C14H25N3O2S. The molecule has 1 rings (SSSR count). The molecule has 0 aliphatic heterocycles. The predicted molar refractivity (Wildman–Crippen MR) is 85.3 cm³/mol. The lowest BCUT2D eigenvalue weighted by Gasteiger charge is -2.11. The molecule has 0 aromatic carbocycles. The molecule has 0 unspecified atom stereocenters. The minimum absolute atomic E-state index is 0.536. The SMILES string of the molecule is CN=C(NCCCOCc1ccco1)NCCCSC. The lowest BCUT2D eigenvalue weighted by Crippen LogP contribution is -2.38. The smallest absolute Gasteiger partial charge is 0.190 e. The summed E-state index contributed by atoms with van der Waals surface area (Å²) in [6, 6.07) is 3.78. The Bertz CT molecular complexity index is 355. The van der Waals surface area contributed by atoms with E-state index < -0.39 is 0 Å². The van der Waals surface area contributed by atoms with Gasteiger partial charge in [0.05, 0.1) is 6.26 Å². The molecule has 20 heavy (non-hydrogen) atoms. The van der Waals surface area contributed by atoms with Crippen LogP contribution in [0, 0.1) is 0 Å². The monoisotopic (exact) mass is 299 g/mol. The zero-order valence-electron chi connectivity index (χ0n) is 12.4. The first kappa shape index (κ1) is 16.9. The van der Waals surface area contributed by atoms with E-state index in [1.807, 2.05) is 23.9 Å². The van der Waals surface area contributed by atoms with Crippen LogP contribution in [0.25, 0.3) is 0 Å². The highest BCUT2D eigenvalue weighted by Gasteiger charge is 1.98. The van der Waals surface area contributed by atoms with Gasteiger partial charge in [-0.25, -0.2) is 0 Å². The normalized spacial score (nSPS) is 11.6. The Labute approximate surface area is 125 Å². The van der Waals surface area contributed by atoms with E-state index in [1.165, 1.54) is 5.75 Å². The number of nitrogens with zero attached hydrogens (tertiary/aromatic N) is 1. The lowest BCUT2D eigenvalue weighted by atomic mass is 10.4. The fourth-order valence-corrected chi connectivity index (χ4v) is 2.03. The summed E-state index contributed by atoms with van der Waals surface area (Å²) in [4.78, 5) is 4.18. The van der Waals surface area contributed by atoms with Crippen molar-refractivity contribution in [1.29, 1.82) is 0 Å². The van der Waals surface area contributed by atoms with Crippen LogP contribution in [-0.4, -0.2) is 44.7 Å². The molecule has 5 nitrogen and oxygen atoms in total. The molecule has 0 aliphatic carbocycles. The molecule has 0 spiro atoms. The summed E-state index contributed by atoms with van der Waals surface area (Å²) in [6.45, 7) is 3.04. The Balaban J connectivity index is 1.95. The second kappa shape index (κ2) is 11.7. The summed E-state index contributed by atoms with van der Waals surface area (Å²) < 4.78 is 10.7. The van der Waals surface area contributed by atoms with E-state index in [9.17, 15) is 0 Å². The number of hydrogen-bond donors (Lipinski definition) is 2. The van der Waals surface area contributed by atoms with Gasteiger partial charge in [-0.2, -0.15) is 11.8 Å². The van der Waals surface area contributed by atoms with Crippen molar-refractivity contribution in [2.75, 3.05) is 38.8 Å². The van der Waals surface area contributed by atoms with Gasteiger partial charge in [-0.15, -0.1) is 0 Å². The van der Waals surface area contributed by atoms with Crippen molar-refractivity contribution in [1.82, 2.24) is 10.6 Å². The average molecular weight is 299 g/mol. The first-order valence-electron chi connectivity index (χ1n) is 6.90. The number of furan rings is 1. The highest BCUT2D eigenvalue weighted by atomic mass is 32.2. The van der Waals surface area contributed by atoms with Crippen LogP contribution in [0.15, 0.2) is 27.8 Å². The van der Waals surface area contributed by atoms with E-state index in [2.05, 4.69) is 21.9 Å². The highest BCUT2D eigenvalue weighted by molar-refractivity contribution is 7.98. The molecule has 0 saturated carbocycles. The van der Waals surface area contributed by atoms with Gasteiger partial charge in [-0.1, -0.05) is 0 Å². The van der Waals surface area contributed by atoms with Gasteiger partial charge in [0.2, 0.25) is 0 Å². The number of thioether (sulfide) groups is 1. The maximum absolute atomic E-state index is 5.51. The van der Waals surface area contributed by atoms with Crippen molar-refractivity contribution in [2.24, 2.45) is 4.99 Å². The molecule has 6 heteroatoms. The van der Waals surface area contributed by atoms with Crippen LogP contribution in [0.2, 0.25) is 0 Å². The van der Waals surface area contributed by atoms with E-state index in [0.717, 1.165) is 37.7 Å². The van der Waals surface area contributed by atoms with Crippen LogP contribution in [0.3, 0.4) is 0 Å². The van der Waals surface area contributed by atoms with Gasteiger partial charge in [-0.05, 0) is 37.0 Å². The molecular weight excluding hydrogens is 274 g/mol. The standard InChI is InChI=1S/C14H25N3O2S/c1-15-14(17-8-5-11-20-2)16-7-4-9-18-12-13-6-3-10-19-13/h3,6,10H,4-5,7-9,11-12H2,1-2H3,(H2,15,16,17). The number of ether oxygens (including phenoxy) is 1. The Kier molecular flexibility index (Phi) is 9.87. The lowest BCUT2D eigenvalue weighted by molar-refractivity contribution is 0.105. The molecule has 0 fully saturated rings. The predicted octanol–water partition coefficient (Wildman–Crippen LogP) is 2.10. The van der Waals surface area contributed by atoms with E-state index >= 15 is 0 Å². The van der Waals surface area contributed by atoms with Crippen LogP contribution >= 0.6 is 11.8 Å². The van der Waals surface area contributed by atoms with Gasteiger partial charge in [-0.3, -0.25) is 4.99 Å². The Morgan fingerprint density at radius 3 is 2.80 bits per heavy atom. The maximum atomic E-state index is 5.51. The van der Waals surface area contributed by atoms with Crippen molar-refractivity contribution in [3.05, 3.63) is 24.2 Å². The number of guanidine groups is 1. The summed E-state index contributed by atoms with van der Waals surface area (Å²) in [7, 11) is 1.79. The van der Waals surface area contributed by atoms with E-state index in [4.69, 9.17) is 9.15 Å². The minimum atomic E-state index is 0.536. The molecule has 1 heterocycles.